The van der Waals surface area contributed by atoms with Crippen molar-refractivity contribution in [3.05, 3.63) is 45.9 Å². The molecule has 0 saturated carbocycles. The number of ether oxygens (including phenoxy) is 1. The van der Waals surface area contributed by atoms with E-state index in [1.54, 1.807) is 11.3 Å². The van der Waals surface area contributed by atoms with Crippen LogP contribution in [0.5, 0.6) is 5.75 Å². The van der Waals surface area contributed by atoms with Crippen LogP contribution in [0.15, 0.2) is 29.6 Å². The number of rotatable bonds is 4. The van der Waals surface area contributed by atoms with Crippen LogP contribution in [0.4, 0.5) is 0 Å². The number of aryl methyl sites for hydroxylation is 1. The number of hydrogen-bond acceptors (Lipinski definition) is 5. The summed E-state index contributed by atoms with van der Waals surface area (Å²) >= 11 is 1.55. The second kappa shape index (κ2) is 6.42. The fraction of sp³-hybridized carbons (Fsp3) is 0.474. The van der Waals surface area contributed by atoms with E-state index >= 15 is 0 Å². The van der Waals surface area contributed by atoms with Crippen molar-refractivity contribution in [1.82, 2.24) is 9.88 Å². The van der Waals surface area contributed by atoms with E-state index in [1.165, 1.54) is 0 Å². The molecule has 4 rings (SSSR count). The van der Waals surface area contributed by atoms with Gasteiger partial charge in [-0.05, 0) is 24.5 Å². The highest BCUT2D eigenvalue weighted by Gasteiger charge is 2.52. The molecule has 3 heterocycles. The lowest BCUT2D eigenvalue weighted by Gasteiger charge is -2.37. The van der Waals surface area contributed by atoms with Crippen molar-refractivity contribution in [3.8, 4) is 5.75 Å². The summed E-state index contributed by atoms with van der Waals surface area (Å²) in [5.41, 5.74) is 1.18. The zero-order valence-electron chi connectivity index (χ0n) is 14.3. The molecule has 0 unspecified atom stereocenters. The normalized spacial score (nSPS) is 24.6. The van der Waals surface area contributed by atoms with Crippen LogP contribution in [0.25, 0.3) is 0 Å². The van der Waals surface area contributed by atoms with E-state index < -0.39 is 5.41 Å². The van der Waals surface area contributed by atoms with Gasteiger partial charge in [0.05, 0.1) is 23.6 Å². The first-order valence-corrected chi connectivity index (χ1v) is 9.61. The lowest BCUT2D eigenvalue weighted by molar-refractivity contribution is 0.0439. The Morgan fingerprint density at radius 3 is 3.12 bits per heavy atom. The number of fused-ring (bicyclic) bond motifs is 3. The van der Waals surface area contributed by atoms with Crippen LogP contribution in [0, 0.1) is 5.41 Å². The van der Waals surface area contributed by atoms with Crippen molar-refractivity contribution in [1.29, 1.82) is 0 Å². The van der Waals surface area contributed by atoms with Crippen molar-refractivity contribution < 1.29 is 14.6 Å². The summed E-state index contributed by atoms with van der Waals surface area (Å²) in [6.07, 6.45) is 1.93. The minimum atomic E-state index is -0.424. The average Bonchev–Trinajstić information content (AvgIpc) is 3.26. The summed E-state index contributed by atoms with van der Waals surface area (Å²) in [6.45, 7) is 3.65. The number of hydrogen-bond donors (Lipinski definition) is 1. The topological polar surface area (TPSA) is 62.7 Å². The number of thiazole rings is 1. The molecule has 6 heteroatoms. The Hall–Kier alpha value is -1.92. The molecule has 1 amide bonds. The minimum absolute atomic E-state index is 0.00787. The van der Waals surface area contributed by atoms with Crippen LogP contribution in [-0.2, 0) is 6.42 Å². The Morgan fingerprint density at radius 2 is 2.32 bits per heavy atom. The Labute approximate surface area is 151 Å². The molecule has 1 aromatic heterocycles. The zero-order valence-corrected chi connectivity index (χ0v) is 15.1. The second-order valence-corrected chi connectivity index (χ2v) is 7.90. The van der Waals surface area contributed by atoms with Crippen LogP contribution >= 0.6 is 11.3 Å². The first-order chi connectivity index (χ1) is 12.2. The fourth-order valence-electron chi connectivity index (χ4n) is 3.93. The van der Waals surface area contributed by atoms with Gasteiger partial charge in [0.25, 0.3) is 5.91 Å². The van der Waals surface area contributed by atoms with Gasteiger partial charge < -0.3 is 14.7 Å². The molecular formula is C19H22N2O3S. The van der Waals surface area contributed by atoms with E-state index in [9.17, 15) is 9.90 Å². The molecule has 0 aliphatic carbocycles. The van der Waals surface area contributed by atoms with E-state index in [2.05, 4.69) is 11.9 Å². The Bertz CT molecular complexity index is 790. The number of carbonyl (C=O) groups excluding carboxylic acids is 1. The molecule has 1 fully saturated rings. The number of nitrogens with zero attached hydrogens (tertiary/aromatic N) is 2. The lowest BCUT2D eigenvalue weighted by Crippen LogP contribution is -2.42. The molecule has 1 N–H and O–H groups in total. The van der Waals surface area contributed by atoms with Crippen molar-refractivity contribution in [2.45, 2.75) is 25.7 Å². The Kier molecular flexibility index (Phi) is 4.25. The van der Waals surface area contributed by atoms with Crippen LogP contribution in [0.3, 0.4) is 0 Å². The molecule has 0 bridgehead atoms. The monoisotopic (exact) mass is 358 g/mol. The van der Waals surface area contributed by atoms with Crippen LogP contribution in [0.1, 0.15) is 40.3 Å². The third-order valence-corrected chi connectivity index (χ3v) is 6.20. The highest BCUT2D eigenvalue weighted by atomic mass is 32.1. The summed E-state index contributed by atoms with van der Waals surface area (Å²) in [6, 6.07) is 7.93. The zero-order chi connectivity index (χ0) is 17.4. The molecule has 2 aromatic rings. The van der Waals surface area contributed by atoms with E-state index in [0.29, 0.717) is 25.4 Å². The van der Waals surface area contributed by atoms with Crippen LogP contribution in [0.2, 0.25) is 0 Å². The van der Waals surface area contributed by atoms with E-state index in [-0.39, 0.29) is 18.4 Å². The predicted molar refractivity (Wildman–Crippen MR) is 96.2 cm³/mol. The molecule has 25 heavy (non-hydrogen) atoms. The molecule has 2 aliphatic rings. The molecule has 1 aromatic carbocycles. The number of benzene rings is 1. The van der Waals surface area contributed by atoms with Gasteiger partial charge in [0, 0.05) is 24.4 Å². The van der Waals surface area contributed by atoms with Crippen molar-refractivity contribution in [2.24, 2.45) is 5.41 Å². The van der Waals surface area contributed by atoms with Crippen molar-refractivity contribution in [2.75, 3.05) is 26.3 Å². The van der Waals surface area contributed by atoms with Gasteiger partial charge >= 0.3 is 0 Å². The van der Waals surface area contributed by atoms with Gasteiger partial charge in [0.15, 0.2) is 0 Å². The molecular weight excluding hydrogens is 336 g/mol. The van der Waals surface area contributed by atoms with Gasteiger partial charge in [-0.2, -0.15) is 0 Å². The summed E-state index contributed by atoms with van der Waals surface area (Å²) in [7, 11) is 0. The Balaban J connectivity index is 1.60. The van der Waals surface area contributed by atoms with Gasteiger partial charge in [0.1, 0.15) is 11.4 Å². The molecule has 0 radical (unpaired) electrons. The van der Waals surface area contributed by atoms with E-state index in [4.69, 9.17) is 4.74 Å². The van der Waals surface area contributed by atoms with Gasteiger partial charge in [0.2, 0.25) is 0 Å². The molecule has 0 spiro atoms. The van der Waals surface area contributed by atoms with Gasteiger partial charge in [-0.1, -0.05) is 25.1 Å². The summed E-state index contributed by atoms with van der Waals surface area (Å²) in [5, 5.41) is 13.0. The number of carbonyl (C=O) groups is 1. The third-order valence-electron chi connectivity index (χ3n) is 5.29. The SMILES string of the molecule is CCCc1nc(C(=O)N2C[C@@H]3c4ccccc4OC[C@]3(CO)C2)cs1. The number of aromatic nitrogens is 1. The van der Waals surface area contributed by atoms with E-state index in [0.717, 1.165) is 29.2 Å². The number of aliphatic hydroxyl groups is 1. The second-order valence-electron chi connectivity index (χ2n) is 6.96. The van der Waals surface area contributed by atoms with Crippen molar-refractivity contribution >= 4 is 17.2 Å². The first kappa shape index (κ1) is 16.5. The van der Waals surface area contributed by atoms with Gasteiger partial charge in [-0.25, -0.2) is 4.98 Å². The quantitative estimate of drug-likeness (QED) is 0.913. The molecule has 132 valence electrons. The van der Waals surface area contributed by atoms with Crippen LogP contribution < -0.4 is 4.74 Å². The lowest BCUT2D eigenvalue weighted by atomic mass is 9.74. The fourth-order valence-corrected chi connectivity index (χ4v) is 4.80. The Morgan fingerprint density at radius 1 is 1.48 bits per heavy atom. The molecule has 2 atom stereocenters. The average molecular weight is 358 g/mol. The summed E-state index contributed by atoms with van der Waals surface area (Å²) in [5.74, 6) is 0.920. The highest BCUT2D eigenvalue weighted by molar-refractivity contribution is 7.09. The number of para-hydroxylation sites is 1. The number of amides is 1. The van der Waals surface area contributed by atoms with Crippen LogP contribution in [-0.4, -0.2) is 47.2 Å². The van der Waals surface area contributed by atoms with Crippen molar-refractivity contribution in [3.63, 3.8) is 0 Å². The third kappa shape index (κ3) is 2.73. The minimum Gasteiger partial charge on any atom is -0.493 e. The maximum absolute atomic E-state index is 12.9. The number of likely N-dealkylation sites (tertiary alicyclic amines) is 1. The molecule has 2 aliphatic heterocycles. The largest absolute Gasteiger partial charge is 0.493 e. The van der Waals surface area contributed by atoms with E-state index in [1.807, 2.05) is 34.5 Å². The maximum Gasteiger partial charge on any atom is 0.273 e. The molecule has 1 saturated heterocycles. The van der Waals surface area contributed by atoms with Gasteiger partial charge in [-0.3, -0.25) is 4.79 Å². The molecule has 5 nitrogen and oxygen atoms in total. The summed E-state index contributed by atoms with van der Waals surface area (Å²) < 4.78 is 5.89. The smallest absolute Gasteiger partial charge is 0.273 e. The first-order valence-electron chi connectivity index (χ1n) is 8.73. The predicted octanol–water partition coefficient (Wildman–Crippen LogP) is 2.71. The van der Waals surface area contributed by atoms with Gasteiger partial charge in [-0.15, -0.1) is 11.3 Å². The number of aliphatic hydroxyl groups excluding tert-OH is 1. The highest BCUT2D eigenvalue weighted by Crippen LogP contribution is 2.49. The summed E-state index contributed by atoms with van der Waals surface area (Å²) in [4.78, 5) is 19.2. The standard InChI is InChI=1S/C19H22N2O3S/c1-2-5-17-20-15(9-25-17)18(23)21-8-14-13-6-3-4-7-16(13)24-12-19(14,10-21)11-22/h3-4,6-7,9,14,22H,2,5,8,10-12H2,1H3/t14-,19-/m1/s1. The maximum atomic E-state index is 12.9.